The fraction of sp³-hybridized carbons (Fsp3) is 0.0667. The molecule has 0 spiro atoms. The summed E-state index contributed by atoms with van der Waals surface area (Å²) in [6.07, 6.45) is 0. The van der Waals surface area contributed by atoms with E-state index in [0.29, 0.717) is 5.56 Å². The van der Waals surface area contributed by atoms with Gasteiger partial charge in [0, 0.05) is 0 Å². The van der Waals surface area contributed by atoms with Crippen LogP contribution in [0.4, 0.5) is 0 Å². The molecule has 3 aromatic rings. The summed E-state index contributed by atoms with van der Waals surface area (Å²) >= 11 is 1.03. The average Bonchev–Trinajstić information content (AvgIpc) is 3.20. The highest BCUT2D eigenvalue weighted by molar-refractivity contribution is 8.00. The number of nitrogens with one attached hydrogen (secondary N) is 1. The summed E-state index contributed by atoms with van der Waals surface area (Å²) in [5.74, 6) is -0.569. The summed E-state index contributed by atoms with van der Waals surface area (Å²) in [6, 6.07) is 15.1. The molecule has 1 aliphatic rings. The Kier molecular flexibility index (Phi) is 3.77. The van der Waals surface area contributed by atoms with Crippen molar-refractivity contribution in [2.75, 3.05) is 0 Å². The number of tetrazole rings is 1. The summed E-state index contributed by atoms with van der Waals surface area (Å²) in [5, 5.41) is 12.9. The normalized spacial score (nSPS) is 16.6. The van der Waals surface area contributed by atoms with Gasteiger partial charge < -0.3 is 0 Å². The van der Waals surface area contributed by atoms with Crippen LogP contribution < -0.4 is 0 Å². The predicted octanol–water partition coefficient (Wildman–Crippen LogP) is 1.84. The van der Waals surface area contributed by atoms with Crippen molar-refractivity contribution >= 4 is 27.7 Å². The van der Waals surface area contributed by atoms with Crippen LogP contribution in [0, 0.1) is 0 Å². The van der Waals surface area contributed by atoms with Crippen LogP contribution in [0.15, 0.2) is 64.6 Å². The molecule has 25 heavy (non-hydrogen) atoms. The zero-order valence-corrected chi connectivity index (χ0v) is 14.2. The Hall–Kier alpha value is -2.72. The van der Waals surface area contributed by atoms with E-state index in [1.165, 1.54) is 12.1 Å². The zero-order valence-electron chi connectivity index (χ0n) is 12.6. The Bertz CT molecular complexity index is 1020. The van der Waals surface area contributed by atoms with Gasteiger partial charge in [0.05, 0.1) is 5.56 Å². The maximum Gasteiger partial charge on any atom is 0.270 e. The Morgan fingerprint density at radius 2 is 1.76 bits per heavy atom. The first-order valence-corrected chi connectivity index (χ1v) is 9.54. The molecule has 0 bridgehead atoms. The SMILES string of the molecule is O=C1c2ccccc2S(=O)(=O)N1C(Sc1nn[nH]n1)c1ccccc1. The van der Waals surface area contributed by atoms with E-state index in [9.17, 15) is 13.2 Å². The van der Waals surface area contributed by atoms with Crippen LogP contribution in [0.2, 0.25) is 0 Å². The largest absolute Gasteiger partial charge is 0.270 e. The molecular weight excluding hydrogens is 362 g/mol. The van der Waals surface area contributed by atoms with Crippen molar-refractivity contribution in [3.05, 3.63) is 65.7 Å². The number of sulfonamides is 1. The smallest absolute Gasteiger partial charge is 0.268 e. The van der Waals surface area contributed by atoms with Crippen molar-refractivity contribution in [1.82, 2.24) is 24.9 Å². The third kappa shape index (κ3) is 2.59. The quantitative estimate of drug-likeness (QED) is 0.695. The van der Waals surface area contributed by atoms with Crippen LogP contribution in [-0.4, -0.2) is 39.3 Å². The van der Waals surface area contributed by atoms with Gasteiger partial charge in [-0.1, -0.05) is 54.2 Å². The van der Waals surface area contributed by atoms with Gasteiger partial charge in [-0.15, -0.1) is 10.2 Å². The number of H-pyrrole nitrogens is 1. The first kappa shape index (κ1) is 15.8. The molecule has 1 N–H and O–H groups in total. The van der Waals surface area contributed by atoms with E-state index in [0.717, 1.165) is 16.1 Å². The molecule has 0 aliphatic carbocycles. The van der Waals surface area contributed by atoms with E-state index < -0.39 is 21.3 Å². The Morgan fingerprint density at radius 3 is 2.44 bits per heavy atom. The van der Waals surface area contributed by atoms with Crippen LogP contribution in [-0.2, 0) is 10.0 Å². The number of hydrogen-bond donors (Lipinski definition) is 1. The van der Waals surface area contributed by atoms with Gasteiger partial charge in [-0.25, -0.2) is 12.7 Å². The molecule has 1 amide bonds. The zero-order chi connectivity index (χ0) is 17.4. The van der Waals surface area contributed by atoms with Crippen molar-refractivity contribution in [3.8, 4) is 0 Å². The van der Waals surface area contributed by atoms with Gasteiger partial charge in [-0.2, -0.15) is 5.21 Å². The minimum Gasteiger partial charge on any atom is -0.268 e. The number of benzene rings is 2. The molecule has 1 atom stereocenters. The number of thioether (sulfide) groups is 1. The number of carbonyl (C=O) groups is 1. The topological polar surface area (TPSA) is 109 Å². The first-order valence-electron chi connectivity index (χ1n) is 7.22. The standard InChI is InChI=1S/C15H11N5O3S2/c21-13-11-8-4-5-9-12(11)25(22,23)20(13)14(10-6-2-1-3-7-10)24-15-16-18-19-17-15/h1-9,14H,(H,16,17,18,19). The third-order valence-corrected chi connectivity index (χ3v) is 6.72. The van der Waals surface area contributed by atoms with E-state index in [1.807, 2.05) is 6.07 Å². The molecular formula is C15H11N5O3S2. The maximum atomic E-state index is 13.0. The van der Waals surface area contributed by atoms with Crippen LogP contribution in [0.25, 0.3) is 0 Å². The fourth-order valence-corrected chi connectivity index (χ4v) is 5.53. The second-order valence-electron chi connectivity index (χ2n) is 5.18. The number of carbonyl (C=O) groups excluding carboxylic acids is 1. The van der Waals surface area contributed by atoms with Crippen LogP contribution in [0.5, 0.6) is 0 Å². The summed E-state index contributed by atoms with van der Waals surface area (Å²) in [5.41, 5.74) is 0.805. The van der Waals surface area contributed by atoms with E-state index in [4.69, 9.17) is 0 Å². The highest BCUT2D eigenvalue weighted by Gasteiger charge is 2.46. The molecule has 2 aromatic carbocycles. The summed E-state index contributed by atoms with van der Waals surface area (Å²) in [7, 11) is -3.97. The minimum absolute atomic E-state index is 0.00893. The van der Waals surface area contributed by atoms with Crippen molar-refractivity contribution in [3.63, 3.8) is 0 Å². The van der Waals surface area contributed by atoms with Gasteiger partial charge in [0.25, 0.3) is 15.9 Å². The molecule has 4 rings (SSSR count). The third-order valence-electron chi connectivity index (χ3n) is 3.70. The molecule has 8 nitrogen and oxygen atoms in total. The van der Waals surface area contributed by atoms with E-state index >= 15 is 0 Å². The van der Waals surface area contributed by atoms with Crippen LogP contribution in [0.3, 0.4) is 0 Å². The lowest BCUT2D eigenvalue weighted by atomic mass is 10.2. The van der Waals surface area contributed by atoms with Crippen molar-refractivity contribution in [1.29, 1.82) is 0 Å². The highest BCUT2D eigenvalue weighted by Crippen LogP contribution is 2.44. The van der Waals surface area contributed by atoms with E-state index in [-0.39, 0.29) is 15.6 Å². The van der Waals surface area contributed by atoms with Gasteiger partial charge in [0.1, 0.15) is 10.3 Å². The second kappa shape index (κ2) is 5.97. The highest BCUT2D eigenvalue weighted by atomic mass is 32.2. The number of amides is 1. The lowest BCUT2D eigenvalue weighted by Crippen LogP contribution is -2.32. The van der Waals surface area contributed by atoms with Crippen molar-refractivity contribution in [2.45, 2.75) is 15.4 Å². The number of aromatic amines is 1. The molecule has 1 unspecified atom stereocenters. The predicted molar refractivity (Wildman–Crippen MR) is 89.0 cm³/mol. The number of nitrogens with zero attached hydrogens (tertiary/aromatic N) is 4. The molecule has 1 aromatic heterocycles. The summed E-state index contributed by atoms with van der Waals surface area (Å²) in [6.45, 7) is 0. The second-order valence-corrected chi connectivity index (χ2v) is 8.01. The van der Waals surface area contributed by atoms with Gasteiger partial charge in [-0.05, 0) is 22.9 Å². The van der Waals surface area contributed by atoms with Crippen molar-refractivity contribution < 1.29 is 13.2 Å². The van der Waals surface area contributed by atoms with Gasteiger partial charge >= 0.3 is 0 Å². The first-order chi connectivity index (χ1) is 12.1. The Morgan fingerprint density at radius 1 is 1.04 bits per heavy atom. The minimum atomic E-state index is -3.97. The molecule has 0 saturated heterocycles. The molecule has 10 heteroatoms. The lowest BCUT2D eigenvalue weighted by Gasteiger charge is -2.25. The molecule has 2 heterocycles. The van der Waals surface area contributed by atoms with Gasteiger partial charge in [0.2, 0.25) is 5.16 Å². The summed E-state index contributed by atoms with van der Waals surface area (Å²) < 4.78 is 26.8. The molecule has 0 fully saturated rings. The molecule has 1 aliphatic heterocycles. The number of rotatable bonds is 4. The fourth-order valence-electron chi connectivity index (χ4n) is 2.61. The van der Waals surface area contributed by atoms with Crippen LogP contribution >= 0.6 is 11.8 Å². The van der Waals surface area contributed by atoms with Gasteiger partial charge in [-0.3, -0.25) is 4.79 Å². The number of aromatic nitrogens is 4. The van der Waals surface area contributed by atoms with Crippen molar-refractivity contribution in [2.24, 2.45) is 0 Å². The number of hydrogen-bond acceptors (Lipinski definition) is 7. The van der Waals surface area contributed by atoms with E-state index in [2.05, 4.69) is 20.6 Å². The molecule has 0 radical (unpaired) electrons. The average molecular weight is 373 g/mol. The Labute approximate surface area is 147 Å². The van der Waals surface area contributed by atoms with E-state index in [1.54, 1.807) is 36.4 Å². The Balaban J connectivity index is 1.84. The lowest BCUT2D eigenvalue weighted by molar-refractivity contribution is 0.0862. The maximum absolute atomic E-state index is 13.0. The van der Waals surface area contributed by atoms with Crippen LogP contribution in [0.1, 0.15) is 21.3 Å². The monoisotopic (exact) mass is 373 g/mol. The molecule has 126 valence electrons. The number of fused-ring (bicyclic) bond motifs is 1. The van der Waals surface area contributed by atoms with Gasteiger partial charge in [0.15, 0.2) is 0 Å². The molecule has 0 saturated carbocycles. The summed E-state index contributed by atoms with van der Waals surface area (Å²) in [4.78, 5) is 12.8.